The highest BCUT2D eigenvalue weighted by atomic mass is 32.1. The topological polar surface area (TPSA) is 65.8 Å². The number of halogens is 1. The summed E-state index contributed by atoms with van der Waals surface area (Å²) in [7, 11) is 0. The maximum Gasteiger partial charge on any atom is 0.159 e. The van der Waals surface area contributed by atoms with Crippen LogP contribution in [0.4, 0.5) is 10.1 Å². The lowest BCUT2D eigenvalue weighted by Crippen LogP contribution is -1.95. The van der Waals surface area contributed by atoms with Gasteiger partial charge in [-0.15, -0.1) is 11.3 Å². The molecule has 0 unspecified atom stereocenters. The van der Waals surface area contributed by atoms with Crippen LogP contribution in [0, 0.1) is 17.1 Å². The molecule has 26 heavy (non-hydrogen) atoms. The molecule has 0 aliphatic rings. The zero-order valence-electron chi connectivity index (χ0n) is 13.9. The minimum Gasteiger partial charge on any atom is -0.360 e. The molecule has 0 aliphatic carbocycles. The van der Waals surface area contributed by atoms with Crippen LogP contribution in [0.25, 0.3) is 16.8 Å². The van der Waals surface area contributed by atoms with E-state index >= 15 is 0 Å². The molecular formula is C20H14FN3OS. The van der Waals surface area contributed by atoms with Crippen molar-refractivity contribution in [3.63, 3.8) is 0 Å². The fourth-order valence-corrected chi connectivity index (χ4v) is 3.07. The van der Waals surface area contributed by atoms with E-state index < -0.39 is 0 Å². The van der Waals surface area contributed by atoms with E-state index in [9.17, 15) is 14.4 Å². The number of benzene rings is 2. The van der Waals surface area contributed by atoms with Crippen molar-refractivity contribution in [1.82, 2.24) is 4.98 Å². The average molecular weight is 363 g/mol. The van der Waals surface area contributed by atoms with Gasteiger partial charge in [-0.1, -0.05) is 12.1 Å². The van der Waals surface area contributed by atoms with E-state index in [1.807, 2.05) is 11.4 Å². The van der Waals surface area contributed by atoms with Crippen LogP contribution >= 0.6 is 11.3 Å². The monoisotopic (exact) mass is 363 g/mol. The Hall–Kier alpha value is -3.30. The molecule has 1 heterocycles. The number of ketones is 1. The normalized spacial score (nSPS) is 11.0. The summed E-state index contributed by atoms with van der Waals surface area (Å²) in [6.45, 7) is 1.50. The lowest BCUT2D eigenvalue weighted by atomic mass is 10.1. The van der Waals surface area contributed by atoms with Gasteiger partial charge in [-0.3, -0.25) is 4.79 Å². The maximum atomic E-state index is 13.0. The fourth-order valence-electron chi connectivity index (χ4n) is 2.28. The predicted octanol–water partition coefficient (Wildman–Crippen LogP) is 5.13. The Morgan fingerprint density at radius 1 is 1.27 bits per heavy atom. The number of nitriles is 1. The fraction of sp³-hybridized carbons (Fsp3) is 0.0500. The summed E-state index contributed by atoms with van der Waals surface area (Å²) < 4.78 is 13.0. The number of carbonyl (C=O) groups excluding carboxylic acids is 1. The molecule has 0 atom stereocenters. The van der Waals surface area contributed by atoms with Crippen LogP contribution in [0.15, 0.2) is 60.1 Å². The second-order valence-electron chi connectivity index (χ2n) is 5.50. The van der Waals surface area contributed by atoms with Gasteiger partial charge in [-0.05, 0) is 43.3 Å². The number of nitrogens with one attached hydrogen (secondary N) is 1. The number of anilines is 1. The van der Waals surface area contributed by atoms with Gasteiger partial charge in [0, 0.05) is 28.4 Å². The summed E-state index contributed by atoms with van der Waals surface area (Å²) in [6, 6.07) is 15.2. The highest BCUT2D eigenvalue weighted by Gasteiger charge is 2.09. The van der Waals surface area contributed by atoms with Gasteiger partial charge in [0.25, 0.3) is 0 Å². The number of carbonyl (C=O) groups is 1. The molecule has 0 aliphatic heterocycles. The van der Waals surface area contributed by atoms with Crippen molar-refractivity contribution in [1.29, 1.82) is 5.26 Å². The first kappa shape index (κ1) is 17.5. The number of thiazole rings is 1. The van der Waals surface area contributed by atoms with Gasteiger partial charge in [0.05, 0.1) is 5.69 Å². The van der Waals surface area contributed by atoms with Crippen LogP contribution in [-0.2, 0) is 0 Å². The summed E-state index contributed by atoms with van der Waals surface area (Å²) in [4.78, 5) is 15.9. The SMILES string of the molecule is CC(=O)c1cccc(NC=C(C#N)c2nc(-c3ccc(F)cc3)cs2)c1. The first-order valence-corrected chi connectivity index (χ1v) is 8.64. The van der Waals surface area contributed by atoms with E-state index in [2.05, 4.69) is 16.4 Å². The van der Waals surface area contributed by atoms with E-state index in [0.717, 1.165) is 5.56 Å². The third-order valence-corrected chi connectivity index (χ3v) is 4.52. The zero-order valence-corrected chi connectivity index (χ0v) is 14.7. The van der Waals surface area contributed by atoms with Gasteiger partial charge in [0.1, 0.15) is 22.5 Å². The Kier molecular flexibility index (Phi) is 5.20. The zero-order chi connectivity index (χ0) is 18.5. The van der Waals surface area contributed by atoms with Crippen LogP contribution in [-0.4, -0.2) is 10.8 Å². The molecule has 0 bridgehead atoms. The van der Waals surface area contributed by atoms with E-state index in [-0.39, 0.29) is 11.6 Å². The van der Waals surface area contributed by atoms with Crippen molar-refractivity contribution >= 4 is 28.4 Å². The smallest absolute Gasteiger partial charge is 0.159 e. The summed E-state index contributed by atoms with van der Waals surface area (Å²) >= 11 is 1.33. The van der Waals surface area contributed by atoms with Crippen LogP contribution in [0.1, 0.15) is 22.3 Å². The van der Waals surface area contributed by atoms with Crippen LogP contribution in [0.5, 0.6) is 0 Å². The molecule has 2 aromatic carbocycles. The third kappa shape index (κ3) is 4.02. The Morgan fingerprint density at radius 2 is 2.04 bits per heavy atom. The van der Waals surface area contributed by atoms with E-state index in [0.29, 0.717) is 27.5 Å². The molecule has 3 aromatic rings. The molecule has 6 heteroatoms. The minimum absolute atomic E-state index is 0.0259. The summed E-state index contributed by atoms with van der Waals surface area (Å²) in [5, 5.41) is 14.8. The standard InChI is InChI=1S/C20H14FN3OS/c1-13(25)15-3-2-4-18(9-15)23-11-16(10-22)20-24-19(12-26-20)14-5-7-17(21)8-6-14/h2-9,11-12,23H,1H3. The molecule has 3 rings (SSSR count). The van der Waals surface area contributed by atoms with Crippen molar-refractivity contribution in [2.75, 3.05) is 5.32 Å². The first-order valence-electron chi connectivity index (χ1n) is 7.76. The molecule has 128 valence electrons. The van der Waals surface area contributed by atoms with Gasteiger partial charge in [0.15, 0.2) is 5.78 Å². The molecule has 0 amide bonds. The second kappa shape index (κ2) is 7.72. The highest BCUT2D eigenvalue weighted by molar-refractivity contribution is 7.11. The number of allylic oxidation sites excluding steroid dienone is 1. The molecule has 0 spiro atoms. The molecular weight excluding hydrogens is 349 g/mol. The van der Waals surface area contributed by atoms with Crippen LogP contribution in [0.2, 0.25) is 0 Å². The Labute approximate surface area is 154 Å². The summed E-state index contributed by atoms with van der Waals surface area (Å²) in [5.41, 5.74) is 3.14. The average Bonchev–Trinajstić information content (AvgIpc) is 3.13. The molecule has 1 N–H and O–H groups in total. The highest BCUT2D eigenvalue weighted by Crippen LogP contribution is 2.26. The van der Waals surface area contributed by atoms with Gasteiger partial charge < -0.3 is 5.32 Å². The van der Waals surface area contributed by atoms with Gasteiger partial charge in [0.2, 0.25) is 0 Å². The molecule has 0 saturated heterocycles. The van der Waals surface area contributed by atoms with Crippen molar-refractivity contribution in [3.05, 3.63) is 76.5 Å². The quantitative estimate of drug-likeness (QED) is 0.504. The van der Waals surface area contributed by atoms with Crippen LogP contribution in [0.3, 0.4) is 0 Å². The molecule has 1 aromatic heterocycles. The predicted molar refractivity (Wildman–Crippen MR) is 101 cm³/mol. The van der Waals surface area contributed by atoms with E-state index in [1.54, 1.807) is 36.5 Å². The van der Waals surface area contributed by atoms with Gasteiger partial charge in [-0.25, -0.2) is 9.37 Å². The number of nitrogens with zero attached hydrogens (tertiary/aromatic N) is 2. The van der Waals surface area contributed by atoms with E-state index in [1.165, 1.54) is 30.4 Å². The van der Waals surface area contributed by atoms with Crippen molar-refractivity contribution in [2.24, 2.45) is 0 Å². The summed E-state index contributed by atoms with van der Waals surface area (Å²) in [6.07, 6.45) is 1.56. The first-order chi connectivity index (χ1) is 12.6. The van der Waals surface area contributed by atoms with Gasteiger partial charge >= 0.3 is 0 Å². The second-order valence-corrected chi connectivity index (χ2v) is 6.35. The Bertz CT molecular complexity index is 1020. The van der Waals surface area contributed by atoms with Crippen molar-refractivity contribution in [2.45, 2.75) is 6.92 Å². The molecule has 0 fully saturated rings. The Balaban J connectivity index is 1.82. The summed E-state index contributed by atoms with van der Waals surface area (Å²) in [5.74, 6) is -0.333. The number of hydrogen-bond acceptors (Lipinski definition) is 5. The number of rotatable bonds is 5. The lowest BCUT2D eigenvalue weighted by Gasteiger charge is -2.03. The van der Waals surface area contributed by atoms with Gasteiger partial charge in [-0.2, -0.15) is 5.26 Å². The number of Topliss-reactive ketones (excluding diaryl/α,β-unsaturated/α-hetero) is 1. The van der Waals surface area contributed by atoms with Crippen molar-refractivity contribution < 1.29 is 9.18 Å². The largest absolute Gasteiger partial charge is 0.360 e. The van der Waals surface area contributed by atoms with Crippen molar-refractivity contribution in [3.8, 4) is 17.3 Å². The minimum atomic E-state index is -0.307. The third-order valence-electron chi connectivity index (χ3n) is 3.65. The van der Waals surface area contributed by atoms with Crippen LogP contribution < -0.4 is 5.32 Å². The maximum absolute atomic E-state index is 13.0. The number of aromatic nitrogens is 1. The molecule has 4 nitrogen and oxygen atoms in total. The number of hydrogen-bond donors (Lipinski definition) is 1. The molecule has 0 saturated carbocycles. The Morgan fingerprint density at radius 3 is 2.73 bits per heavy atom. The van der Waals surface area contributed by atoms with E-state index in [4.69, 9.17) is 0 Å². The lowest BCUT2D eigenvalue weighted by molar-refractivity contribution is 0.101. The molecule has 0 radical (unpaired) electrons.